The normalized spacial score (nSPS) is 10.2. The Labute approximate surface area is 107 Å². The number of phenolic OH excluding ortho intramolecular Hbond substituents is 1. The summed E-state index contributed by atoms with van der Waals surface area (Å²) < 4.78 is 1.59. The van der Waals surface area contributed by atoms with E-state index in [1.165, 1.54) is 12.5 Å². The van der Waals surface area contributed by atoms with Gasteiger partial charge in [-0.05, 0) is 6.07 Å². The first-order valence-corrected chi connectivity index (χ1v) is 5.24. The van der Waals surface area contributed by atoms with Crippen LogP contribution in [0.5, 0.6) is 5.75 Å². The third-order valence-electron chi connectivity index (χ3n) is 2.38. The van der Waals surface area contributed by atoms with Gasteiger partial charge >= 0.3 is 0 Å². The van der Waals surface area contributed by atoms with E-state index in [2.05, 4.69) is 10.3 Å². The van der Waals surface area contributed by atoms with Crippen LogP contribution in [0.2, 0.25) is 0 Å². The van der Waals surface area contributed by atoms with Gasteiger partial charge in [0.15, 0.2) is 0 Å². The monoisotopic (exact) mass is 262 g/mol. The van der Waals surface area contributed by atoms with E-state index in [-0.39, 0.29) is 22.8 Å². The smallest absolute Gasteiger partial charge is 0.275 e. The van der Waals surface area contributed by atoms with Gasteiger partial charge in [-0.2, -0.15) is 0 Å². The van der Waals surface area contributed by atoms with E-state index in [0.29, 0.717) is 0 Å². The second-order valence-corrected chi connectivity index (χ2v) is 3.84. The van der Waals surface area contributed by atoms with E-state index in [1.807, 2.05) is 0 Å². The van der Waals surface area contributed by atoms with Crippen LogP contribution in [0.1, 0.15) is 10.5 Å². The number of hydrogen-bond acceptors (Lipinski definition) is 5. The van der Waals surface area contributed by atoms with E-state index in [9.17, 15) is 20.0 Å². The Kier molecular flexibility index (Phi) is 3.15. The second kappa shape index (κ2) is 4.77. The van der Waals surface area contributed by atoms with Crippen LogP contribution in [0.15, 0.2) is 30.7 Å². The van der Waals surface area contributed by atoms with Gasteiger partial charge in [0.1, 0.15) is 11.4 Å². The molecule has 1 aromatic carbocycles. The molecule has 2 aromatic rings. The number of non-ortho nitro benzene ring substituents is 1. The molecular formula is C11H10N4O4. The highest BCUT2D eigenvalue weighted by atomic mass is 16.6. The number of hydrogen-bond donors (Lipinski definition) is 2. The number of phenols is 1. The Morgan fingerprint density at radius 2 is 2.26 bits per heavy atom. The first-order valence-electron chi connectivity index (χ1n) is 5.24. The SMILES string of the molecule is Cn1cnc(C(=O)Nc2cc([N+](=O)[O-])ccc2O)c1. The summed E-state index contributed by atoms with van der Waals surface area (Å²) in [5, 5.41) is 22.5. The highest BCUT2D eigenvalue weighted by Crippen LogP contribution is 2.28. The van der Waals surface area contributed by atoms with Crippen molar-refractivity contribution in [1.29, 1.82) is 0 Å². The minimum Gasteiger partial charge on any atom is -0.506 e. The van der Waals surface area contributed by atoms with Gasteiger partial charge in [-0.3, -0.25) is 14.9 Å². The largest absolute Gasteiger partial charge is 0.506 e. The molecule has 1 heterocycles. The number of aromatic hydroxyl groups is 1. The van der Waals surface area contributed by atoms with Crippen molar-refractivity contribution in [3.05, 3.63) is 46.5 Å². The summed E-state index contributed by atoms with van der Waals surface area (Å²) in [6.07, 6.45) is 2.94. The maximum Gasteiger partial charge on any atom is 0.275 e. The topological polar surface area (TPSA) is 110 Å². The van der Waals surface area contributed by atoms with Gasteiger partial charge in [-0.1, -0.05) is 0 Å². The molecule has 2 rings (SSSR count). The Bertz CT molecular complexity index is 650. The van der Waals surface area contributed by atoms with Crippen LogP contribution < -0.4 is 5.32 Å². The Balaban J connectivity index is 2.25. The molecule has 8 heteroatoms. The van der Waals surface area contributed by atoms with Gasteiger partial charge in [-0.15, -0.1) is 0 Å². The number of aromatic nitrogens is 2. The van der Waals surface area contributed by atoms with Crippen molar-refractivity contribution >= 4 is 17.3 Å². The molecule has 0 bridgehead atoms. The summed E-state index contributed by atoms with van der Waals surface area (Å²) >= 11 is 0. The summed E-state index contributed by atoms with van der Waals surface area (Å²) in [7, 11) is 1.70. The summed E-state index contributed by atoms with van der Waals surface area (Å²) in [5.41, 5.74) is -0.118. The van der Waals surface area contributed by atoms with Crippen molar-refractivity contribution in [2.75, 3.05) is 5.32 Å². The first kappa shape index (κ1) is 12.6. The number of anilines is 1. The van der Waals surface area contributed by atoms with Crippen molar-refractivity contribution in [2.24, 2.45) is 7.05 Å². The quantitative estimate of drug-likeness (QED) is 0.492. The van der Waals surface area contributed by atoms with Crippen molar-refractivity contribution < 1.29 is 14.8 Å². The molecule has 0 aliphatic rings. The van der Waals surface area contributed by atoms with Crippen LogP contribution in [0, 0.1) is 10.1 Å². The lowest BCUT2D eigenvalue weighted by molar-refractivity contribution is -0.384. The highest BCUT2D eigenvalue weighted by Gasteiger charge is 2.14. The Morgan fingerprint density at radius 3 is 2.84 bits per heavy atom. The van der Waals surface area contributed by atoms with E-state index >= 15 is 0 Å². The van der Waals surface area contributed by atoms with Gasteiger partial charge in [0.05, 0.1) is 16.9 Å². The third-order valence-corrected chi connectivity index (χ3v) is 2.38. The summed E-state index contributed by atoms with van der Waals surface area (Å²) in [5.74, 6) is -0.814. The molecule has 0 aliphatic heterocycles. The van der Waals surface area contributed by atoms with Crippen LogP contribution in [0.3, 0.4) is 0 Å². The number of imidazole rings is 1. The molecule has 0 aliphatic carbocycles. The van der Waals surface area contributed by atoms with E-state index in [0.717, 1.165) is 18.2 Å². The molecule has 1 aromatic heterocycles. The van der Waals surface area contributed by atoms with E-state index < -0.39 is 10.8 Å². The number of nitrogens with zero attached hydrogens (tertiary/aromatic N) is 3. The molecule has 1 amide bonds. The average molecular weight is 262 g/mol. The van der Waals surface area contributed by atoms with Gasteiger partial charge in [0, 0.05) is 25.4 Å². The minimum absolute atomic E-state index is 0.0372. The molecule has 98 valence electrons. The lowest BCUT2D eigenvalue weighted by atomic mass is 10.2. The standard InChI is InChI=1S/C11H10N4O4/c1-14-5-9(12-6-14)11(17)13-8-4-7(15(18)19)2-3-10(8)16/h2-6,16H,1H3,(H,13,17). The number of nitro benzene ring substituents is 1. The maximum absolute atomic E-state index is 11.8. The number of carbonyl (C=O) groups is 1. The zero-order chi connectivity index (χ0) is 14.0. The molecule has 8 nitrogen and oxygen atoms in total. The molecule has 0 spiro atoms. The van der Waals surface area contributed by atoms with Crippen LogP contribution in [0.4, 0.5) is 11.4 Å². The fourth-order valence-corrected chi connectivity index (χ4v) is 1.45. The molecule has 0 saturated heterocycles. The summed E-state index contributed by atoms with van der Waals surface area (Å²) in [4.78, 5) is 25.6. The lowest BCUT2D eigenvalue weighted by Crippen LogP contribution is -2.12. The highest BCUT2D eigenvalue weighted by molar-refractivity contribution is 6.03. The van der Waals surface area contributed by atoms with Crippen LogP contribution in [0.25, 0.3) is 0 Å². The molecule has 0 fully saturated rings. The molecular weight excluding hydrogens is 252 g/mol. The Morgan fingerprint density at radius 1 is 1.53 bits per heavy atom. The molecule has 2 N–H and O–H groups in total. The van der Waals surface area contributed by atoms with E-state index in [1.54, 1.807) is 11.6 Å². The fraction of sp³-hybridized carbons (Fsp3) is 0.0909. The predicted molar refractivity (Wildman–Crippen MR) is 65.9 cm³/mol. The summed E-state index contributed by atoms with van der Waals surface area (Å²) in [6, 6.07) is 3.37. The van der Waals surface area contributed by atoms with Crippen molar-refractivity contribution in [2.45, 2.75) is 0 Å². The maximum atomic E-state index is 11.8. The molecule has 0 saturated carbocycles. The molecule has 0 atom stereocenters. The summed E-state index contributed by atoms with van der Waals surface area (Å²) in [6.45, 7) is 0. The minimum atomic E-state index is -0.615. The predicted octanol–water partition coefficient (Wildman–Crippen LogP) is 1.29. The number of aryl methyl sites for hydroxylation is 1. The van der Waals surface area contributed by atoms with Crippen molar-refractivity contribution in [3.8, 4) is 5.75 Å². The van der Waals surface area contributed by atoms with Gasteiger partial charge < -0.3 is 15.0 Å². The molecule has 19 heavy (non-hydrogen) atoms. The average Bonchev–Trinajstić information content (AvgIpc) is 2.78. The number of benzene rings is 1. The van der Waals surface area contributed by atoms with Crippen molar-refractivity contribution in [3.63, 3.8) is 0 Å². The zero-order valence-corrected chi connectivity index (χ0v) is 9.90. The first-order chi connectivity index (χ1) is 8.97. The van der Waals surface area contributed by atoms with Crippen LogP contribution in [-0.2, 0) is 7.05 Å². The van der Waals surface area contributed by atoms with Crippen LogP contribution in [-0.4, -0.2) is 25.5 Å². The Hall–Kier alpha value is -2.90. The fourth-order valence-electron chi connectivity index (χ4n) is 1.45. The second-order valence-electron chi connectivity index (χ2n) is 3.84. The number of rotatable bonds is 3. The van der Waals surface area contributed by atoms with Crippen molar-refractivity contribution in [1.82, 2.24) is 9.55 Å². The number of nitrogens with one attached hydrogen (secondary N) is 1. The van der Waals surface area contributed by atoms with E-state index in [4.69, 9.17) is 0 Å². The van der Waals surface area contributed by atoms with Crippen LogP contribution >= 0.6 is 0 Å². The lowest BCUT2D eigenvalue weighted by Gasteiger charge is -2.05. The zero-order valence-electron chi connectivity index (χ0n) is 9.90. The third kappa shape index (κ3) is 2.68. The molecule has 0 radical (unpaired) electrons. The number of nitro groups is 1. The van der Waals surface area contributed by atoms with Gasteiger partial charge in [0.25, 0.3) is 11.6 Å². The van der Waals surface area contributed by atoms with Gasteiger partial charge in [-0.25, -0.2) is 4.98 Å². The molecule has 0 unspecified atom stereocenters. The van der Waals surface area contributed by atoms with Gasteiger partial charge in [0.2, 0.25) is 0 Å². The number of amides is 1. The number of carbonyl (C=O) groups excluding carboxylic acids is 1.